The monoisotopic (exact) mass is 229 g/mol. The third-order valence-electron chi connectivity index (χ3n) is 1.61. The van der Waals surface area contributed by atoms with Crippen LogP contribution in [-0.2, 0) is 0 Å². The number of hydrogen-bond donors (Lipinski definition) is 1. The lowest BCUT2D eigenvalue weighted by Gasteiger charge is -2.07. The van der Waals surface area contributed by atoms with E-state index >= 15 is 0 Å². The highest BCUT2D eigenvalue weighted by molar-refractivity contribution is 9.09. The van der Waals surface area contributed by atoms with Gasteiger partial charge in [-0.3, -0.25) is 0 Å². The predicted octanol–water partition coefficient (Wildman–Crippen LogP) is 2.44. The van der Waals surface area contributed by atoms with Gasteiger partial charge in [0.1, 0.15) is 11.3 Å². The van der Waals surface area contributed by atoms with Crippen molar-refractivity contribution in [3.63, 3.8) is 0 Å². The van der Waals surface area contributed by atoms with Crippen LogP contribution in [0.15, 0.2) is 24.3 Å². The maximum Gasteiger partial charge on any atom is 0.143 e. The van der Waals surface area contributed by atoms with Crippen LogP contribution >= 0.6 is 15.9 Å². The maximum absolute atomic E-state index is 5.71. The van der Waals surface area contributed by atoms with Gasteiger partial charge in [0.05, 0.1) is 0 Å². The highest BCUT2D eigenvalue weighted by Crippen LogP contribution is 2.17. The van der Waals surface area contributed by atoms with Crippen LogP contribution in [-0.4, -0.2) is 5.52 Å². The van der Waals surface area contributed by atoms with Crippen molar-refractivity contribution in [2.24, 2.45) is 5.73 Å². The Balaban J connectivity index is 2.81. The summed E-state index contributed by atoms with van der Waals surface area (Å²) in [5.74, 6) is 0.849. The van der Waals surface area contributed by atoms with E-state index in [1.54, 1.807) is 0 Å². The summed E-state index contributed by atoms with van der Waals surface area (Å²) in [6, 6.07) is 7.85. The molecular formula is C9H12BrNO. The minimum Gasteiger partial charge on any atom is -0.482 e. The van der Waals surface area contributed by atoms with E-state index in [0.717, 1.165) is 11.3 Å². The number of halogens is 1. The van der Waals surface area contributed by atoms with Crippen LogP contribution in [0.5, 0.6) is 5.75 Å². The summed E-state index contributed by atoms with van der Waals surface area (Å²) >= 11 is 3.19. The Morgan fingerprint density at radius 1 is 1.58 bits per heavy atom. The van der Waals surface area contributed by atoms with E-state index in [9.17, 15) is 0 Å². The number of nitrogens with two attached hydrogens (primary N) is 1. The van der Waals surface area contributed by atoms with Crippen LogP contribution in [0.3, 0.4) is 0 Å². The van der Waals surface area contributed by atoms with Gasteiger partial charge >= 0.3 is 0 Å². The van der Waals surface area contributed by atoms with E-state index in [0.29, 0.717) is 5.52 Å². The molecule has 0 spiro atoms. The first-order chi connectivity index (χ1) is 5.74. The molecule has 2 nitrogen and oxygen atoms in total. The summed E-state index contributed by atoms with van der Waals surface area (Å²) in [6.07, 6.45) is 0. The second-order valence-corrected chi connectivity index (χ2v) is 3.07. The molecule has 2 N–H and O–H groups in total. The van der Waals surface area contributed by atoms with Crippen LogP contribution in [0.4, 0.5) is 0 Å². The third kappa shape index (κ3) is 2.50. The predicted molar refractivity (Wildman–Crippen MR) is 53.5 cm³/mol. The van der Waals surface area contributed by atoms with E-state index in [4.69, 9.17) is 10.5 Å². The van der Waals surface area contributed by atoms with Crippen molar-refractivity contribution in [2.75, 3.05) is 5.52 Å². The van der Waals surface area contributed by atoms with Crippen LogP contribution in [0.2, 0.25) is 0 Å². The smallest absolute Gasteiger partial charge is 0.143 e. The quantitative estimate of drug-likeness (QED) is 0.809. The van der Waals surface area contributed by atoms with Gasteiger partial charge in [0.15, 0.2) is 0 Å². The molecule has 12 heavy (non-hydrogen) atoms. The van der Waals surface area contributed by atoms with Crippen molar-refractivity contribution >= 4 is 15.9 Å². The molecule has 0 amide bonds. The second-order valence-electron chi connectivity index (χ2n) is 2.61. The van der Waals surface area contributed by atoms with Gasteiger partial charge in [-0.1, -0.05) is 12.1 Å². The van der Waals surface area contributed by atoms with E-state index in [1.165, 1.54) is 0 Å². The number of alkyl halides is 1. The van der Waals surface area contributed by atoms with Crippen molar-refractivity contribution in [2.45, 2.75) is 13.0 Å². The summed E-state index contributed by atoms with van der Waals surface area (Å²) in [7, 11) is 0. The van der Waals surface area contributed by atoms with Crippen LogP contribution < -0.4 is 10.5 Å². The average Bonchev–Trinajstić information content (AvgIpc) is 2.05. The van der Waals surface area contributed by atoms with E-state index in [-0.39, 0.29) is 6.04 Å². The van der Waals surface area contributed by atoms with Crippen molar-refractivity contribution in [3.8, 4) is 5.75 Å². The normalized spacial score (nSPS) is 12.6. The number of benzene rings is 1. The molecule has 0 saturated carbocycles. The van der Waals surface area contributed by atoms with Gasteiger partial charge < -0.3 is 10.5 Å². The Bertz CT molecular complexity index is 250. The molecule has 1 aromatic carbocycles. The maximum atomic E-state index is 5.71. The van der Waals surface area contributed by atoms with Crippen molar-refractivity contribution in [1.82, 2.24) is 0 Å². The highest BCUT2D eigenvalue weighted by atomic mass is 79.9. The zero-order valence-electron chi connectivity index (χ0n) is 6.96. The third-order valence-corrected chi connectivity index (χ3v) is 1.83. The fraction of sp³-hybridized carbons (Fsp3) is 0.333. The molecule has 0 aliphatic heterocycles. The molecule has 0 aliphatic carbocycles. The second kappa shape index (κ2) is 4.48. The fourth-order valence-corrected chi connectivity index (χ4v) is 1.21. The van der Waals surface area contributed by atoms with Crippen molar-refractivity contribution in [1.29, 1.82) is 0 Å². The van der Waals surface area contributed by atoms with Gasteiger partial charge in [-0.25, -0.2) is 0 Å². The standard InChI is InChI=1S/C9H12BrNO/c1-7(11)8-3-2-4-9(5-8)12-6-10/h2-5,7H,6,11H2,1H3. The number of hydrogen-bond acceptors (Lipinski definition) is 2. The molecule has 0 saturated heterocycles. The molecule has 1 aromatic rings. The molecule has 66 valence electrons. The molecule has 1 unspecified atom stereocenters. The zero-order valence-corrected chi connectivity index (χ0v) is 8.54. The van der Waals surface area contributed by atoms with Gasteiger partial charge in [-0.15, -0.1) is 0 Å². The zero-order chi connectivity index (χ0) is 8.97. The SMILES string of the molecule is CC(N)c1cccc(OCBr)c1. The highest BCUT2D eigenvalue weighted by Gasteiger charge is 1.99. The van der Waals surface area contributed by atoms with Crippen molar-refractivity contribution < 1.29 is 4.74 Å². The molecular weight excluding hydrogens is 218 g/mol. The van der Waals surface area contributed by atoms with Gasteiger partial charge in [0, 0.05) is 6.04 Å². The largest absolute Gasteiger partial charge is 0.482 e. The molecule has 0 heterocycles. The Kier molecular flexibility index (Phi) is 3.56. The average molecular weight is 230 g/mol. The Hall–Kier alpha value is -0.540. The summed E-state index contributed by atoms with van der Waals surface area (Å²) < 4.78 is 5.26. The van der Waals surface area contributed by atoms with Gasteiger partial charge in [-0.2, -0.15) is 0 Å². The molecule has 1 rings (SSSR count). The first kappa shape index (κ1) is 9.55. The summed E-state index contributed by atoms with van der Waals surface area (Å²) in [5.41, 5.74) is 7.31. The van der Waals surface area contributed by atoms with E-state index in [2.05, 4.69) is 15.9 Å². The fourth-order valence-electron chi connectivity index (χ4n) is 0.951. The molecule has 0 aliphatic rings. The van der Waals surface area contributed by atoms with Crippen molar-refractivity contribution in [3.05, 3.63) is 29.8 Å². The van der Waals surface area contributed by atoms with Gasteiger partial charge in [0.2, 0.25) is 0 Å². The van der Waals surface area contributed by atoms with Crippen LogP contribution in [0, 0.1) is 0 Å². The van der Waals surface area contributed by atoms with E-state index < -0.39 is 0 Å². The molecule has 1 atom stereocenters. The lowest BCUT2D eigenvalue weighted by atomic mass is 10.1. The molecule has 3 heteroatoms. The molecule has 0 fully saturated rings. The lowest BCUT2D eigenvalue weighted by Crippen LogP contribution is -2.04. The number of ether oxygens (including phenoxy) is 1. The van der Waals surface area contributed by atoms with Gasteiger partial charge in [-0.05, 0) is 40.5 Å². The summed E-state index contributed by atoms with van der Waals surface area (Å²) in [6.45, 7) is 1.95. The minimum absolute atomic E-state index is 0.0591. The van der Waals surface area contributed by atoms with Gasteiger partial charge in [0.25, 0.3) is 0 Å². The Morgan fingerprint density at radius 3 is 2.92 bits per heavy atom. The number of rotatable bonds is 3. The minimum atomic E-state index is 0.0591. The first-order valence-electron chi connectivity index (χ1n) is 3.78. The van der Waals surface area contributed by atoms with Crippen LogP contribution in [0.25, 0.3) is 0 Å². The summed E-state index contributed by atoms with van der Waals surface area (Å²) in [4.78, 5) is 0. The Morgan fingerprint density at radius 2 is 2.33 bits per heavy atom. The molecule has 0 bridgehead atoms. The molecule has 0 radical (unpaired) electrons. The topological polar surface area (TPSA) is 35.2 Å². The molecule has 0 aromatic heterocycles. The summed E-state index contributed by atoms with van der Waals surface area (Å²) in [5, 5.41) is 0. The first-order valence-corrected chi connectivity index (χ1v) is 4.90. The Labute approximate surface area is 80.8 Å². The van der Waals surface area contributed by atoms with Crippen LogP contribution in [0.1, 0.15) is 18.5 Å². The lowest BCUT2D eigenvalue weighted by molar-refractivity contribution is 0.397. The van der Waals surface area contributed by atoms with E-state index in [1.807, 2.05) is 31.2 Å².